The summed E-state index contributed by atoms with van der Waals surface area (Å²) in [6, 6.07) is 5.63. The van der Waals surface area contributed by atoms with Gasteiger partial charge >= 0.3 is 0 Å². The van der Waals surface area contributed by atoms with Crippen molar-refractivity contribution in [1.82, 2.24) is 15.0 Å². The molecular weight excluding hydrogens is 250 g/mol. The number of carbonyl (C=O) groups excluding carboxylic acids is 1. The van der Waals surface area contributed by atoms with Crippen molar-refractivity contribution in [2.45, 2.75) is 11.6 Å². The summed E-state index contributed by atoms with van der Waals surface area (Å²) in [7, 11) is 0. The van der Waals surface area contributed by atoms with Crippen molar-refractivity contribution in [1.29, 1.82) is 0 Å². The summed E-state index contributed by atoms with van der Waals surface area (Å²) in [5, 5.41) is 8.77. The lowest BCUT2D eigenvalue weighted by Gasteiger charge is -2.04. The van der Waals surface area contributed by atoms with Gasteiger partial charge in [0.25, 0.3) is 5.91 Å². The number of aromatic nitrogens is 2. The van der Waals surface area contributed by atoms with Crippen LogP contribution in [0.2, 0.25) is 0 Å². The van der Waals surface area contributed by atoms with Gasteiger partial charge in [0.2, 0.25) is 0 Å². The largest absolute Gasteiger partial charge is 0.333 e. The van der Waals surface area contributed by atoms with Crippen LogP contribution in [0.3, 0.4) is 0 Å². The molecule has 0 fully saturated rings. The molecule has 0 bridgehead atoms. The highest BCUT2D eigenvalue weighted by molar-refractivity contribution is 7.97. The molecule has 0 unspecified atom stereocenters. The molecule has 2 aromatic rings. The molecule has 1 aliphatic heterocycles. The van der Waals surface area contributed by atoms with Crippen LogP contribution in [0.15, 0.2) is 30.6 Å². The number of hydroxylamine groups is 1. The Bertz CT molecular complexity index is 595. The fourth-order valence-corrected chi connectivity index (χ4v) is 3.21. The van der Waals surface area contributed by atoms with Gasteiger partial charge in [0.15, 0.2) is 0 Å². The number of hydrogen-bond donors (Lipinski definition) is 2. The number of rotatable bonds is 2. The zero-order valence-corrected chi connectivity index (χ0v) is 10.3. The molecule has 6 heteroatoms. The van der Waals surface area contributed by atoms with E-state index in [1.165, 1.54) is 0 Å². The van der Waals surface area contributed by atoms with Gasteiger partial charge in [-0.25, -0.2) is 5.48 Å². The summed E-state index contributed by atoms with van der Waals surface area (Å²) in [6.45, 7) is 0. The lowest BCUT2D eigenvalue weighted by molar-refractivity contribution is 0.0705. The van der Waals surface area contributed by atoms with Gasteiger partial charge in [-0.15, -0.1) is 11.8 Å². The molecule has 3 heterocycles. The lowest BCUT2D eigenvalue weighted by atomic mass is 10.2. The van der Waals surface area contributed by atoms with Gasteiger partial charge in [0.1, 0.15) is 0 Å². The van der Waals surface area contributed by atoms with Crippen LogP contribution < -0.4 is 5.48 Å². The number of hydrogen-bond acceptors (Lipinski definition) is 4. The first-order valence-corrected chi connectivity index (χ1v) is 6.61. The first-order chi connectivity index (χ1) is 8.81. The number of fused-ring (bicyclic) bond motifs is 1. The Balaban J connectivity index is 2.15. The Morgan fingerprint density at radius 1 is 1.56 bits per heavy atom. The van der Waals surface area contributed by atoms with Crippen molar-refractivity contribution >= 4 is 17.7 Å². The zero-order chi connectivity index (χ0) is 12.5. The Morgan fingerprint density at radius 2 is 2.44 bits per heavy atom. The lowest BCUT2D eigenvalue weighted by Crippen LogP contribution is -2.19. The van der Waals surface area contributed by atoms with Crippen LogP contribution in [-0.4, -0.2) is 20.7 Å². The summed E-state index contributed by atoms with van der Waals surface area (Å²) in [4.78, 5) is 15.7. The average molecular weight is 261 g/mol. The summed E-state index contributed by atoms with van der Waals surface area (Å²) >= 11 is 1.74. The fraction of sp³-hybridized carbons (Fsp3) is 0.167. The summed E-state index contributed by atoms with van der Waals surface area (Å²) in [5.41, 5.74) is 5.11. The standard InChI is InChI=1S/C12H11N3O2S/c16-12(14-17)9-4-10(8-2-1-3-13-5-8)15-7-18-6-11(9)15/h1-5,17H,6-7H2,(H,14,16). The maximum atomic E-state index is 11.6. The molecule has 92 valence electrons. The maximum absolute atomic E-state index is 11.6. The van der Waals surface area contributed by atoms with Crippen LogP contribution >= 0.6 is 11.8 Å². The fourth-order valence-electron chi connectivity index (χ4n) is 2.14. The van der Waals surface area contributed by atoms with Crippen molar-refractivity contribution in [2.24, 2.45) is 0 Å². The number of nitrogens with zero attached hydrogens (tertiary/aromatic N) is 2. The minimum absolute atomic E-state index is 0.462. The third-order valence-corrected chi connectivity index (χ3v) is 3.89. The highest BCUT2D eigenvalue weighted by Gasteiger charge is 2.24. The van der Waals surface area contributed by atoms with E-state index >= 15 is 0 Å². The van der Waals surface area contributed by atoms with E-state index in [9.17, 15) is 4.79 Å². The smallest absolute Gasteiger partial charge is 0.276 e. The summed E-state index contributed by atoms with van der Waals surface area (Å²) in [5.74, 6) is 1.14. The van der Waals surface area contributed by atoms with E-state index in [2.05, 4.69) is 9.55 Å². The topological polar surface area (TPSA) is 67.2 Å². The molecule has 0 atom stereocenters. The van der Waals surface area contributed by atoms with E-state index in [1.54, 1.807) is 35.7 Å². The Labute approximate surface area is 108 Å². The first-order valence-electron chi connectivity index (χ1n) is 5.46. The van der Waals surface area contributed by atoms with Crippen molar-refractivity contribution in [3.05, 3.63) is 41.9 Å². The molecule has 1 aliphatic rings. The molecule has 2 N–H and O–H groups in total. The third-order valence-electron chi connectivity index (χ3n) is 2.97. The molecule has 0 aliphatic carbocycles. The van der Waals surface area contributed by atoms with Crippen LogP contribution in [0.1, 0.15) is 16.1 Å². The Hall–Kier alpha value is -1.79. The second-order valence-corrected chi connectivity index (χ2v) is 4.93. The average Bonchev–Trinajstić information content (AvgIpc) is 3.00. The highest BCUT2D eigenvalue weighted by Crippen LogP contribution is 2.34. The first kappa shape index (κ1) is 11.3. The van der Waals surface area contributed by atoms with E-state index in [0.29, 0.717) is 5.56 Å². The van der Waals surface area contributed by atoms with E-state index in [-0.39, 0.29) is 0 Å². The van der Waals surface area contributed by atoms with Crippen molar-refractivity contribution < 1.29 is 10.0 Å². The molecule has 5 nitrogen and oxygen atoms in total. The minimum Gasteiger partial charge on any atom is -0.333 e. The number of thioether (sulfide) groups is 1. The number of nitrogens with one attached hydrogen (secondary N) is 1. The molecule has 18 heavy (non-hydrogen) atoms. The van der Waals surface area contributed by atoms with Crippen LogP contribution in [-0.2, 0) is 11.6 Å². The predicted octanol–water partition coefficient (Wildman–Crippen LogP) is 1.87. The van der Waals surface area contributed by atoms with Gasteiger partial charge in [-0.05, 0) is 18.2 Å². The van der Waals surface area contributed by atoms with Crippen LogP contribution in [0.5, 0.6) is 0 Å². The normalized spacial score (nSPS) is 13.4. The number of carbonyl (C=O) groups is 1. The highest BCUT2D eigenvalue weighted by atomic mass is 32.2. The van der Waals surface area contributed by atoms with E-state index in [4.69, 9.17) is 5.21 Å². The van der Waals surface area contributed by atoms with E-state index in [0.717, 1.165) is 28.6 Å². The molecule has 0 spiro atoms. The molecule has 1 amide bonds. The van der Waals surface area contributed by atoms with Gasteiger partial charge < -0.3 is 4.57 Å². The quantitative estimate of drug-likeness (QED) is 0.640. The molecule has 2 aromatic heterocycles. The maximum Gasteiger partial charge on any atom is 0.276 e. The second kappa shape index (κ2) is 4.47. The van der Waals surface area contributed by atoms with Gasteiger partial charge in [-0.1, -0.05) is 0 Å². The molecule has 0 saturated heterocycles. The van der Waals surface area contributed by atoms with Gasteiger partial charge in [0.05, 0.1) is 17.1 Å². The monoisotopic (exact) mass is 261 g/mol. The summed E-state index contributed by atoms with van der Waals surface area (Å²) in [6.07, 6.45) is 3.49. The van der Waals surface area contributed by atoms with Crippen molar-refractivity contribution in [2.75, 3.05) is 0 Å². The molecule has 0 saturated carbocycles. The Kier molecular flexibility index (Phi) is 2.81. The molecule has 0 radical (unpaired) electrons. The van der Waals surface area contributed by atoms with Gasteiger partial charge in [-0.3, -0.25) is 15.0 Å². The van der Waals surface area contributed by atoms with Gasteiger partial charge in [0, 0.05) is 29.4 Å². The van der Waals surface area contributed by atoms with E-state index < -0.39 is 5.91 Å². The predicted molar refractivity (Wildman–Crippen MR) is 68.2 cm³/mol. The Morgan fingerprint density at radius 3 is 3.17 bits per heavy atom. The number of amides is 1. The summed E-state index contributed by atoms with van der Waals surface area (Å²) < 4.78 is 2.09. The SMILES string of the molecule is O=C(NO)c1cc(-c2cccnc2)n2c1CSC2. The minimum atomic E-state index is -0.462. The third kappa shape index (κ3) is 1.70. The van der Waals surface area contributed by atoms with Crippen LogP contribution in [0, 0.1) is 0 Å². The van der Waals surface area contributed by atoms with Crippen molar-refractivity contribution in [3.63, 3.8) is 0 Å². The van der Waals surface area contributed by atoms with Crippen molar-refractivity contribution in [3.8, 4) is 11.3 Å². The number of pyridine rings is 1. The zero-order valence-electron chi connectivity index (χ0n) is 9.46. The van der Waals surface area contributed by atoms with Crippen LogP contribution in [0.4, 0.5) is 0 Å². The molecule has 3 rings (SSSR count). The molecule has 0 aromatic carbocycles. The van der Waals surface area contributed by atoms with E-state index in [1.807, 2.05) is 12.1 Å². The van der Waals surface area contributed by atoms with Crippen LogP contribution in [0.25, 0.3) is 11.3 Å². The second-order valence-electron chi connectivity index (χ2n) is 3.98. The molecular formula is C12H11N3O2S. The van der Waals surface area contributed by atoms with Gasteiger partial charge in [-0.2, -0.15) is 0 Å².